The van der Waals surface area contributed by atoms with Gasteiger partial charge >= 0.3 is 6.16 Å². The molecule has 0 bridgehead atoms. The van der Waals surface area contributed by atoms with Crippen molar-refractivity contribution in [2.45, 2.75) is 6.23 Å². The van der Waals surface area contributed by atoms with Crippen molar-refractivity contribution in [3.05, 3.63) is 0 Å². The number of hydrogen-bond acceptors (Lipinski definition) is 4. The van der Waals surface area contributed by atoms with E-state index in [1.807, 2.05) is 0 Å². The zero-order chi connectivity index (χ0) is 6.69. The zero-order valence-electron chi connectivity index (χ0n) is 4.49. The highest BCUT2D eigenvalue weighted by Gasteiger charge is 2.23. The molecule has 1 aliphatic rings. The normalized spacial score (nSPS) is 24.4. The summed E-state index contributed by atoms with van der Waals surface area (Å²) in [7, 11) is 0. The summed E-state index contributed by atoms with van der Waals surface area (Å²) in [5.41, 5.74) is 0. The summed E-state index contributed by atoms with van der Waals surface area (Å²) in [6, 6.07) is 0. The van der Waals surface area contributed by atoms with Crippen LogP contribution in [0.25, 0.3) is 0 Å². The van der Waals surface area contributed by atoms with Gasteiger partial charge in [0, 0.05) is 0 Å². The highest BCUT2D eigenvalue weighted by Crippen LogP contribution is 2.00. The third-order valence-corrected chi connectivity index (χ3v) is 0.845. The molecule has 0 spiro atoms. The molecule has 1 unspecified atom stereocenters. The first-order valence-electron chi connectivity index (χ1n) is 2.36. The van der Waals surface area contributed by atoms with Crippen LogP contribution in [0.5, 0.6) is 0 Å². The summed E-state index contributed by atoms with van der Waals surface area (Å²) in [5, 5.41) is 2.23. The van der Waals surface area contributed by atoms with Crippen LogP contribution in [0.4, 0.5) is 4.79 Å². The molecule has 0 radical (unpaired) electrons. The average molecular weight is 131 g/mol. The summed E-state index contributed by atoms with van der Waals surface area (Å²) >= 11 is 0. The monoisotopic (exact) mass is 131 g/mol. The summed E-state index contributed by atoms with van der Waals surface area (Å²) in [4.78, 5) is 19.8. The lowest BCUT2D eigenvalue weighted by Crippen LogP contribution is -2.29. The third-order valence-electron chi connectivity index (χ3n) is 0.845. The Morgan fingerprint density at radius 2 is 2.56 bits per heavy atom. The van der Waals surface area contributed by atoms with E-state index in [1.54, 1.807) is 0 Å². The van der Waals surface area contributed by atoms with E-state index in [0.717, 1.165) is 0 Å². The Kier molecular flexibility index (Phi) is 1.53. The second-order valence-electron chi connectivity index (χ2n) is 1.45. The first-order valence-corrected chi connectivity index (χ1v) is 2.36. The molecule has 50 valence electrons. The number of rotatable bonds is 2. The first kappa shape index (κ1) is 5.87. The summed E-state index contributed by atoms with van der Waals surface area (Å²) < 4.78 is 8.73. The Morgan fingerprint density at radius 3 is 3.00 bits per heavy atom. The van der Waals surface area contributed by atoms with Gasteiger partial charge in [-0.2, -0.15) is 0 Å². The van der Waals surface area contributed by atoms with Crippen LogP contribution >= 0.6 is 0 Å². The molecule has 1 rings (SSSR count). The molecule has 0 aromatic rings. The van der Waals surface area contributed by atoms with Crippen LogP contribution in [0.15, 0.2) is 0 Å². The van der Waals surface area contributed by atoms with E-state index >= 15 is 0 Å². The number of nitrogens with one attached hydrogen (secondary N) is 1. The maximum atomic E-state index is 10.1. The molecule has 5 nitrogen and oxygen atoms in total. The highest BCUT2D eigenvalue weighted by atomic mass is 16.8. The van der Waals surface area contributed by atoms with E-state index in [0.29, 0.717) is 6.41 Å². The Morgan fingerprint density at radius 1 is 1.78 bits per heavy atom. The van der Waals surface area contributed by atoms with Gasteiger partial charge in [0.2, 0.25) is 12.6 Å². The molecule has 9 heavy (non-hydrogen) atoms. The van der Waals surface area contributed by atoms with Gasteiger partial charge in [0.15, 0.2) is 6.61 Å². The molecule has 1 saturated heterocycles. The quantitative estimate of drug-likeness (QED) is 0.394. The van der Waals surface area contributed by atoms with Crippen LogP contribution in [0.2, 0.25) is 0 Å². The highest BCUT2D eigenvalue weighted by molar-refractivity contribution is 5.62. The molecule has 1 fully saturated rings. The molecule has 1 aliphatic heterocycles. The molecule has 0 aromatic carbocycles. The van der Waals surface area contributed by atoms with Crippen molar-refractivity contribution in [1.82, 2.24) is 5.32 Å². The van der Waals surface area contributed by atoms with E-state index in [1.165, 1.54) is 0 Å². The van der Waals surface area contributed by atoms with Gasteiger partial charge in [-0.1, -0.05) is 0 Å². The van der Waals surface area contributed by atoms with E-state index < -0.39 is 12.4 Å². The second kappa shape index (κ2) is 2.34. The largest absolute Gasteiger partial charge is 0.510 e. The van der Waals surface area contributed by atoms with E-state index in [-0.39, 0.29) is 6.61 Å². The second-order valence-corrected chi connectivity index (χ2v) is 1.45. The van der Waals surface area contributed by atoms with Gasteiger partial charge in [-0.3, -0.25) is 4.79 Å². The Bertz CT molecular complexity index is 135. The van der Waals surface area contributed by atoms with Crippen LogP contribution < -0.4 is 5.32 Å². The van der Waals surface area contributed by atoms with Gasteiger partial charge in [0.1, 0.15) is 0 Å². The van der Waals surface area contributed by atoms with Crippen LogP contribution in [0.3, 0.4) is 0 Å². The number of amides is 1. The van der Waals surface area contributed by atoms with Crippen molar-refractivity contribution >= 4 is 12.6 Å². The van der Waals surface area contributed by atoms with Crippen molar-refractivity contribution in [2.24, 2.45) is 0 Å². The Labute approximate surface area is 50.9 Å². The van der Waals surface area contributed by atoms with Crippen molar-refractivity contribution in [1.29, 1.82) is 0 Å². The van der Waals surface area contributed by atoms with Crippen molar-refractivity contribution in [3.63, 3.8) is 0 Å². The van der Waals surface area contributed by atoms with E-state index in [4.69, 9.17) is 0 Å². The van der Waals surface area contributed by atoms with Crippen LogP contribution in [0.1, 0.15) is 0 Å². The van der Waals surface area contributed by atoms with Gasteiger partial charge in [-0.25, -0.2) is 4.79 Å². The minimum absolute atomic E-state index is 0.0948. The lowest BCUT2D eigenvalue weighted by molar-refractivity contribution is -0.111. The first-order chi connectivity index (χ1) is 4.33. The standard InChI is InChI=1S/C4H5NO4/c6-2-5-3-1-8-4(7)9-3/h2-3H,1H2,(H,5,6). The van der Waals surface area contributed by atoms with Crippen LogP contribution in [-0.4, -0.2) is 25.4 Å². The molecular weight excluding hydrogens is 126 g/mol. The lowest BCUT2D eigenvalue weighted by Gasteiger charge is -2.00. The van der Waals surface area contributed by atoms with Crippen molar-refractivity contribution in [3.8, 4) is 0 Å². The topological polar surface area (TPSA) is 64.6 Å². The molecule has 1 amide bonds. The maximum absolute atomic E-state index is 10.1. The predicted molar refractivity (Wildman–Crippen MR) is 25.4 cm³/mol. The molecule has 5 heteroatoms. The Hall–Kier alpha value is -1.26. The lowest BCUT2D eigenvalue weighted by atomic mass is 10.6. The maximum Gasteiger partial charge on any atom is 0.510 e. The molecule has 1 atom stereocenters. The third kappa shape index (κ3) is 1.31. The zero-order valence-corrected chi connectivity index (χ0v) is 4.49. The number of hydrogen-bond donors (Lipinski definition) is 1. The fraction of sp³-hybridized carbons (Fsp3) is 0.500. The Balaban J connectivity index is 2.29. The molecule has 0 aromatic heterocycles. The number of cyclic esters (lactones) is 2. The van der Waals surface area contributed by atoms with Gasteiger partial charge in [0.25, 0.3) is 0 Å². The van der Waals surface area contributed by atoms with Gasteiger partial charge in [0.05, 0.1) is 0 Å². The molecular formula is C4H5NO4. The average Bonchev–Trinajstić information content (AvgIpc) is 2.17. The molecule has 1 N–H and O–H groups in total. The van der Waals surface area contributed by atoms with Gasteiger partial charge < -0.3 is 14.8 Å². The van der Waals surface area contributed by atoms with Crippen molar-refractivity contribution < 1.29 is 19.1 Å². The predicted octanol–water partition coefficient (Wildman–Crippen LogP) is -0.775. The number of carbonyl (C=O) groups excluding carboxylic acids is 2. The summed E-state index contributed by atoms with van der Waals surface area (Å²) in [6.07, 6.45) is -0.892. The SMILES string of the molecule is O=CNC1COC(=O)O1. The van der Waals surface area contributed by atoms with Crippen molar-refractivity contribution in [2.75, 3.05) is 6.61 Å². The molecule has 1 heterocycles. The smallest absolute Gasteiger partial charge is 0.428 e. The van der Waals surface area contributed by atoms with Gasteiger partial charge in [-0.05, 0) is 0 Å². The minimum atomic E-state index is -0.741. The van der Waals surface area contributed by atoms with E-state index in [9.17, 15) is 9.59 Å². The fourth-order valence-electron chi connectivity index (χ4n) is 0.486. The summed E-state index contributed by atoms with van der Waals surface area (Å²) in [6.45, 7) is 0.0948. The van der Waals surface area contributed by atoms with Crippen LogP contribution in [-0.2, 0) is 14.3 Å². The minimum Gasteiger partial charge on any atom is -0.428 e. The number of carbonyl (C=O) groups is 2. The molecule has 0 aliphatic carbocycles. The fourth-order valence-corrected chi connectivity index (χ4v) is 0.486. The summed E-state index contributed by atoms with van der Waals surface area (Å²) in [5.74, 6) is 0. The van der Waals surface area contributed by atoms with E-state index in [2.05, 4.69) is 14.8 Å². The van der Waals surface area contributed by atoms with Gasteiger partial charge in [-0.15, -0.1) is 0 Å². The molecule has 0 saturated carbocycles. The van der Waals surface area contributed by atoms with Crippen LogP contribution in [0, 0.1) is 0 Å². The number of ether oxygens (including phenoxy) is 2.